The zero-order valence-electron chi connectivity index (χ0n) is 12.1. The van der Waals surface area contributed by atoms with Crippen molar-refractivity contribution in [3.05, 3.63) is 0 Å². The summed E-state index contributed by atoms with van der Waals surface area (Å²) in [6.07, 6.45) is 0.931. The number of amides is 2. The molecular weight excluding hydrogens is 262 g/mol. The number of hydrogen-bond acceptors (Lipinski definition) is 4. The molecule has 0 spiro atoms. The van der Waals surface area contributed by atoms with Gasteiger partial charge in [-0.05, 0) is 20.3 Å². The zero-order chi connectivity index (χ0) is 14.8. The smallest absolute Gasteiger partial charge is 0.328 e. The third-order valence-corrected chi connectivity index (χ3v) is 3.97. The molecule has 2 amide bonds. The van der Waals surface area contributed by atoms with Crippen LogP contribution < -0.4 is 5.32 Å². The fourth-order valence-corrected chi connectivity index (χ4v) is 2.57. The Morgan fingerprint density at radius 1 is 1.25 bits per heavy atom. The van der Waals surface area contributed by atoms with Crippen LogP contribution in [0.15, 0.2) is 0 Å². The first-order valence-electron chi connectivity index (χ1n) is 7.02. The molecule has 2 N–H and O–H groups in total. The SMILES string of the molecule is CC(C)(NC(=O)N1CCC(N2CCOCC2)C1)C(=O)O. The van der Waals surface area contributed by atoms with Gasteiger partial charge in [0.15, 0.2) is 0 Å². The van der Waals surface area contributed by atoms with Crippen LogP contribution in [-0.2, 0) is 9.53 Å². The molecule has 114 valence electrons. The molecule has 0 bridgehead atoms. The van der Waals surface area contributed by atoms with E-state index in [4.69, 9.17) is 9.84 Å². The van der Waals surface area contributed by atoms with Crippen molar-refractivity contribution in [1.82, 2.24) is 15.1 Å². The third-order valence-electron chi connectivity index (χ3n) is 3.97. The van der Waals surface area contributed by atoms with E-state index in [1.165, 1.54) is 13.8 Å². The number of carboxylic acid groups (broad SMARTS) is 1. The van der Waals surface area contributed by atoms with Crippen LogP contribution >= 0.6 is 0 Å². The summed E-state index contributed by atoms with van der Waals surface area (Å²) in [5.41, 5.74) is -1.24. The van der Waals surface area contributed by atoms with E-state index in [9.17, 15) is 9.59 Å². The summed E-state index contributed by atoms with van der Waals surface area (Å²) >= 11 is 0. The summed E-state index contributed by atoms with van der Waals surface area (Å²) in [5, 5.41) is 11.6. The van der Waals surface area contributed by atoms with Crippen LogP contribution in [0.5, 0.6) is 0 Å². The number of likely N-dealkylation sites (tertiary alicyclic amines) is 1. The number of carboxylic acids is 1. The fraction of sp³-hybridized carbons (Fsp3) is 0.846. The molecule has 7 heteroatoms. The van der Waals surface area contributed by atoms with Crippen molar-refractivity contribution < 1.29 is 19.4 Å². The van der Waals surface area contributed by atoms with Gasteiger partial charge in [-0.25, -0.2) is 9.59 Å². The topological polar surface area (TPSA) is 82.1 Å². The number of carbonyl (C=O) groups is 2. The molecule has 0 aromatic heterocycles. The normalized spacial score (nSPS) is 24.7. The molecule has 2 aliphatic heterocycles. The van der Waals surface area contributed by atoms with Gasteiger partial charge in [-0.15, -0.1) is 0 Å². The lowest BCUT2D eigenvalue weighted by Crippen LogP contribution is -2.54. The monoisotopic (exact) mass is 285 g/mol. The maximum absolute atomic E-state index is 12.1. The van der Waals surface area contributed by atoms with Crippen molar-refractivity contribution in [2.45, 2.75) is 31.8 Å². The second-order valence-corrected chi connectivity index (χ2v) is 5.90. The van der Waals surface area contributed by atoms with Crippen molar-refractivity contribution in [1.29, 1.82) is 0 Å². The van der Waals surface area contributed by atoms with Gasteiger partial charge in [-0.3, -0.25) is 4.90 Å². The Bertz CT molecular complexity index is 380. The highest BCUT2D eigenvalue weighted by molar-refractivity contribution is 5.85. The number of carbonyl (C=O) groups excluding carboxylic acids is 1. The van der Waals surface area contributed by atoms with Crippen LogP contribution in [0.1, 0.15) is 20.3 Å². The molecule has 2 saturated heterocycles. The number of nitrogens with zero attached hydrogens (tertiary/aromatic N) is 2. The molecule has 1 unspecified atom stereocenters. The predicted octanol–water partition coefficient (Wildman–Crippen LogP) is -0.0343. The number of rotatable bonds is 3. The fourth-order valence-electron chi connectivity index (χ4n) is 2.57. The van der Waals surface area contributed by atoms with E-state index >= 15 is 0 Å². The molecule has 2 fully saturated rings. The Kier molecular flexibility index (Phi) is 4.49. The predicted molar refractivity (Wildman–Crippen MR) is 72.6 cm³/mol. The first kappa shape index (κ1) is 15.1. The minimum atomic E-state index is -1.24. The van der Waals surface area contributed by atoms with E-state index in [0.29, 0.717) is 19.1 Å². The van der Waals surface area contributed by atoms with Crippen LogP contribution in [0, 0.1) is 0 Å². The molecule has 0 aromatic rings. The van der Waals surface area contributed by atoms with Crippen LogP contribution in [-0.4, -0.2) is 77.9 Å². The first-order chi connectivity index (χ1) is 9.40. The molecule has 2 aliphatic rings. The lowest BCUT2D eigenvalue weighted by atomic mass is 10.1. The second-order valence-electron chi connectivity index (χ2n) is 5.90. The maximum atomic E-state index is 12.1. The summed E-state index contributed by atoms with van der Waals surface area (Å²) in [6, 6.07) is 0.0609. The number of aliphatic carboxylic acids is 1. The van der Waals surface area contributed by atoms with Crippen molar-refractivity contribution in [2.75, 3.05) is 39.4 Å². The van der Waals surface area contributed by atoms with Gasteiger partial charge in [0.05, 0.1) is 13.2 Å². The molecule has 1 atom stereocenters. The summed E-state index contributed by atoms with van der Waals surface area (Å²) in [5.74, 6) is -1.03. The van der Waals surface area contributed by atoms with E-state index in [2.05, 4.69) is 10.2 Å². The lowest BCUT2D eigenvalue weighted by Gasteiger charge is -2.32. The van der Waals surface area contributed by atoms with Crippen LogP contribution in [0.2, 0.25) is 0 Å². The van der Waals surface area contributed by atoms with Gasteiger partial charge in [0.25, 0.3) is 0 Å². The summed E-state index contributed by atoms with van der Waals surface area (Å²) in [7, 11) is 0. The van der Waals surface area contributed by atoms with Gasteiger partial charge in [0.2, 0.25) is 0 Å². The number of hydrogen-bond donors (Lipinski definition) is 2. The molecule has 0 aromatic carbocycles. The quantitative estimate of drug-likeness (QED) is 0.761. The number of morpholine rings is 1. The van der Waals surface area contributed by atoms with Gasteiger partial charge in [-0.2, -0.15) is 0 Å². The Morgan fingerprint density at radius 2 is 1.90 bits per heavy atom. The van der Waals surface area contributed by atoms with Gasteiger partial charge in [0.1, 0.15) is 5.54 Å². The third kappa shape index (κ3) is 3.40. The minimum absolute atomic E-state index is 0.298. The highest BCUT2D eigenvalue weighted by Crippen LogP contribution is 2.17. The number of nitrogens with one attached hydrogen (secondary N) is 1. The van der Waals surface area contributed by atoms with E-state index in [1.54, 1.807) is 4.90 Å². The summed E-state index contributed by atoms with van der Waals surface area (Å²) in [6.45, 7) is 7.60. The van der Waals surface area contributed by atoms with Crippen LogP contribution in [0.4, 0.5) is 4.79 Å². The van der Waals surface area contributed by atoms with E-state index < -0.39 is 11.5 Å². The second kappa shape index (κ2) is 5.97. The van der Waals surface area contributed by atoms with Crippen molar-refractivity contribution in [3.8, 4) is 0 Å². The molecule has 0 saturated carbocycles. The van der Waals surface area contributed by atoms with E-state index in [-0.39, 0.29) is 6.03 Å². The average Bonchev–Trinajstić information content (AvgIpc) is 2.88. The maximum Gasteiger partial charge on any atom is 0.328 e. The molecule has 0 aliphatic carbocycles. The van der Waals surface area contributed by atoms with Gasteiger partial charge in [0, 0.05) is 32.2 Å². The lowest BCUT2D eigenvalue weighted by molar-refractivity contribution is -0.143. The molecule has 7 nitrogen and oxygen atoms in total. The van der Waals surface area contributed by atoms with Gasteiger partial charge < -0.3 is 20.1 Å². The molecule has 2 rings (SSSR count). The molecular formula is C13H23N3O4. The molecule has 20 heavy (non-hydrogen) atoms. The van der Waals surface area contributed by atoms with E-state index in [1.807, 2.05) is 0 Å². The van der Waals surface area contributed by atoms with Crippen molar-refractivity contribution >= 4 is 12.0 Å². The Hall–Kier alpha value is -1.34. The number of ether oxygens (including phenoxy) is 1. The van der Waals surface area contributed by atoms with Crippen LogP contribution in [0.25, 0.3) is 0 Å². The van der Waals surface area contributed by atoms with Crippen LogP contribution in [0.3, 0.4) is 0 Å². The van der Waals surface area contributed by atoms with Gasteiger partial charge >= 0.3 is 12.0 Å². The van der Waals surface area contributed by atoms with Crippen molar-refractivity contribution in [3.63, 3.8) is 0 Å². The van der Waals surface area contributed by atoms with Gasteiger partial charge in [-0.1, -0.05) is 0 Å². The molecule has 2 heterocycles. The van der Waals surface area contributed by atoms with Crippen molar-refractivity contribution in [2.24, 2.45) is 0 Å². The summed E-state index contributed by atoms with van der Waals surface area (Å²) < 4.78 is 5.33. The average molecular weight is 285 g/mol. The van der Waals surface area contributed by atoms with E-state index in [0.717, 1.165) is 32.7 Å². The Labute approximate surface area is 118 Å². The molecule has 0 radical (unpaired) electrons. The number of urea groups is 1. The highest BCUT2D eigenvalue weighted by atomic mass is 16.5. The minimum Gasteiger partial charge on any atom is -0.480 e. The Morgan fingerprint density at radius 3 is 2.50 bits per heavy atom. The highest BCUT2D eigenvalue weighted by Gasteiger charge is 2.35. The standard InChI is InChI=1S/C13H23N3O4/c1-13(2,11(17)18)14-12(19)16-4-3-10(9-16)15-5-7-20-8-6-15/h10H,3-9H2,1-2H3,(H,14,19)(H,17,18). The first-order valence-corrected chi connectivity index (χ1v) is 7.02. The largest absolute Gasteiger partial charge is 0.480 e. The Balaban J connectivity index is 1.85. The summed E-state index contributed by atoms with van der Waals surface area (Å²) in [4.78, 5) is 27.2. The zero-order valence-corrected chi connectivity index (χ0v) is 12.1.